The number of allylic oxidation sites excluding steroid dienone is 1. The quantitative estimate of drug-likeness (QED) is 0.0924. The van der Waals surface area contributed by atoms with E-state index in [-0.39, 0.29) is 22.2 Å². The standard InChI is InChI=1S/C21H19N9O5S3/c1-35-29-12(9-5-38-21(22)27-9)17(31)28-13-10-6-37-11(15(20(33)34)30(10)19(13)32)3-2-4-36-18-14-16(24-7-23-14)25-8-26-18/h2-3,5,7-8,10,13H,4,6H2,1H3,(H2,22,27)(H,28,31)(H,33,34)(H,23,24,25,26). The number of carboxylic acids is 1. The number of anilines is 1. The topological polar surface area (TPSA) is 202 Å². The van der Waals surface area contributed by atoms with Gasteiger partial charge in [-0.05, 0) is 6.08 Å². The summed E-state index contributed by atoms with van der Waals surface area (Å²) < 4.78 is 0. The Labute approximate surface area is 226 Å². The molecule has 0 radical (unpaired) electrons. The van der Waals surface area contributed by atoms with Gasteiger partial charge in [0, 0.05) is 21.8 Å². The summed E-state index contributed by atoms with van der Waals surface area (Å²) in [5.74, 6) is -1.55. The zero-order valence-electron chi connectivity index (χ0n) is 19.5. The van der Waals surface area contributed by atoms with Crippen LogP contribution >= 0.6 is 34.9 Å². The van der Waals surface area contributed by atoms with Gasteiger partial charge in [-0.1, -0.05) is 23.0 Å². The normalized spacial score (nSPS) is 19.6. The van der Waals surface area contributed by atoms with Crippen LogP contribution in [-0.4, -0.2) is 89.1 Å². The first-order chi connectivity index (χ1) is 18.4. The number of fused-ring (bicyclic) bond motifs is 2. The van der Waals surface area contributed by atoms with E-state index in [1.807, 2.05) is 0 Å². The number of imidazole rings is 1. The van der Waals surface area contributed by atoms with Gasteiger partial charge in [0.25, 0.3) is 11.8 Å². The lowest BCUT2D eigenvalue weighted by atomic mass is 9.94. The van der Waals surface area contributed by atoms with Gasteiger partial charge in [-0.3, -0.25) is 14.5 Å². The Morgan fingerprint density at radius 2 is 2.26 bits per heavy atom. The molecular formula is C21H19N9O5S3. The lowest BCUT2D eigenvalue weighted by molar-refractivity contribution is -0.153. The summed E-state index contributed by atoms with van der Waals surface area (Å²) in [6.07, 6.45) is 6.45. The predicted molar refractivity (Wildman–Crippen MR) is 141 cm³/mol. The number of nitrogen functional groups attached to an aromatic ring is 1. The van der Waals surface area contributed by atoms with Gasteiger partial charge in [0.2, 0.25) is 0 Å². The molecule has 1 fully saturated rings. The summed E-state index contributed by atoms with van der Waals surface area (Å²) in [4.78, 5) is 63.8. The number of nitrogens with one attached hydrogen (secondary N) is 2. The number of thioether (sulfide) groups is 2. The number of β-lactam (4-membered cyclic amide) rings is 1. The molecular weight excluding hydrogens is 554 g/mol. The third-order valence-electron chi connectivity index (χ3n) is 5.53. The van der Waals surface area contributed by atoms with Crippen LogP contribution in [0.5, 0.6) is 0 Å². The van der Waals surface area contributed by atoms with Crippen LogP contribution in [0.15, 0.2) is 51.0 Å². The number of H-pyrrole nitrogens is 1. The van der Waals surface area contributed by atoms with E-state index in [0.29, 0.717) is 27.1 Å². The second-order valence-electron chi connectivity index (χ2n) is 7.74. The average Bonchev–Trinajstić information content (AvgIpc) is 3.56. The number of hydrogen-bond acceptors (Lipinski definition) is 13. The van der Waals surface area contributed by atoms with E-state index in [9.17, 15) is 19.5 Å². The van der Waals surface area contributed by atoms with Crippen LogP contribution in [0.4, 0.5) is 5.13 Å². The summed E-state index contributed by atoms with van der Waals surface area (Å²) in [6.45, 7) is 0. The number of carbonyl (C=O) groups excluding carboxylic acids is 2. The fourth-order valence-corrected chi connectivity index (χ4v) is 6.40. The predicted octanol–water partition coefficient (Wildman–Crippen LogP) is 0.829. The average molecular weight is 574 g/mol. The van der Waals surface area contributed by atoms with Crippen molar-refractivity contribution in [1.82, 2.24) is 35.1 Å². The van der Waals surface area contributed by atoms with Crippen molar-refractivity contribution in [2.24, 2.45) is 5.16 Å². The Bertz CT molecular complexity index is 1510. The van der Waals surface area contributed by atoms with Crippen molar-refractivity contribution in [3.63, 3.8) is 0 Å². The van der Waals surface area contributed by atoms with E-state index < -0.39 is 29.9 Å². The molecule has 5 heterocycles. The minimum atomic E-state index is -1.23. The smallest absolute Gasteiger partial charge is 0.353 e. The second kappa shape index (κ2) is 10.8. The molecule has 17 heteroatoms. The van der Waals surface area contributed by atoms with Crippen molar-refractivity contribution in [1.29, 1.82) is 0 Å². The minimum Gasteiger partial charge on any atom is -0.477 e. The highest BCUT2D eigenvalue weighted by Gasteiger charge is 2.54. The number of hydrogen-bond donors (Lipinski definition) is 4. The number of thiazole rings is 1. The molecule has 0 aromatic carbocycles. The van der Waals surface area contributed by atoms with E-state index in [0.717, 1.165) is 16.9 Å². The van der Waals surface area contributed by atoms with Crippen LogP contribution in [0.3, 0.4) is 0 Å². The lowest BCUT2D eigenvalue weighted by Gasteiger charge is -2.49. The Morgan fingerprint density at radius 3 is 3.00 bits per heavy atom. The summed E-state index contributed by atoms with van der Waals surface area (Å²) in [5, 5.41) is 18.7. The molecule has 1 saturated heterocycles. The maximum Gasteiger partial charge on any atom is 0.353 e. The van der Waals surface area contributed by atoms with Crippen LogP contribution in [-0.2, 0) is 19.2 Å². The van der Waals surface area contributed by atoms with Gasteiger partial charge >= 0.3 is 5.97 Å². The summed E-state index contributed by atoms with van der Waals surface area (Å²) in [7, 11) is 1.28. The molecule has 0 spiro atoms. The molecule has 5 rings (SSSR count). The van der Waals surface area contributed by atoms with Crippen molar-refractivity contribution < 1.29 is 24.3 Å². The SMILES string of the molecule is CON=C(C(=O)NC1C(=O)N2C(C(=O)O)=C(C=CCSc3ncnc4nc[nH]c34)SCC12)c1csc(N)n1. The molecule has 2 amide bonds. The number of carbonyl (C=O) groups is 3. The summed E-state index contributed by atoms with van der Waals surface area (Å²) >= 11 is 3.86. The molecule has 0 saturated carbocycles. The number of carboxylic acid groups (broad SMARTS) is 1. The van der Waals surface area contributed by atoms with E-state index in [1.165, 1.54) is 48.2 Å². The summed E-state index contributed by atoms with van der Waals surface area (Å²) in [5.41, 5.74) is 6.88. The number of oxime groups is 1. The van der Waals surface area contributed by atoms with Gasteiger partial charge in [0.1, 0.15) is 41.4 Å². The van der Waals surface area contributed by atoms with E-state index in [2.05, 4.69) is 35.4 Å². The van der Waals surface area contributed by atoms with E-state index >= 15 is 0 Å². The number of amides is 2. The number of aromatic nitrogens is 5. The van der Waals surface area contributed by atoms with Crippen LogP contribution in [0, 0.1) is 0 Å². The van der Waals surface area contributed by atoms with Crippen molar-refractivity contribution >= 4 is 74.7 Å². The molecule has 3 aromatic rings. The Morgan fingerprint density at radius 1 is 1.42 bits per heavy atom. The number of rotatable bonds is 9. The molecule has 2 aliphatic heterocycles. The Kier molecular flexibility index (Phi) is 7.30. The van der Waals surface area contributed by atoms with Gasteiger partial charge in [0.05, 0.1) is 12.4 Å². The molecule has 14 nitrogen and oxygen atoms in total. The van der Waals surface area contributed by atoms with Gasteiger partial charge in [-0.2, -0.15) is 0 Å². The highest BCUT2D eigenvalue weighted by atomic mass is 32.2. The first-order valence-electron chi connectivity index (χ1n) is 10.9. The van der Waals surface area contributed by atoms with Crippen molar-refractivity contribution in [2.45, 2.75) is 17.1 Å². The number of aromatic amines is 1. The van der Waals surface area contributed by atoms with Gasteiger partial charge in [0.15, 0.2) is 16.5 Å². The first-order valence-corrected chi connectivity index (χ1v) is 13.7. The number of nitrogens with zero attached hydrogens (tertiary/aromatic N) is 6. The zero-order chi connectivity index (χ0) is 26.8. The van der Waals surface area contributed by atoms with Crippen molar-refractivity contribution in [3.8, 4) is 0 Å². The second-order valence-corrected chi connectivity index (χ2v) is 10.7. The Hall–Kier alpha value is -3.96. The van der Waals surface area contributed by atoms with Crippen molar-refractivity contribution in [3.05, 3.63) is 46.5 Å². The first kappa shape index (κ1) is 25.7. The molecule has 2 atom stereocenters. The zero-order valence-corrected chi connectivity index (χ0v) is 22.0. The van der Waals surface area contributed by atoms with Crippen molar-refractivity contribution in [2.75, 3.05) is 24.3 Å². The fourth-order valence-electron chi connectivity index (χ4n) is 3.88. The van der Waals surface area contributed by atoms with E-state index in [1.54, 1.807) is 17.5 Å². The Balaban J connectivity index is 1.27. The maximum atomic E-state index is 13.0. The fraction of sp³-hybridized carbons (Fsp3) is 0.238. The maximum absolute atomic E-state index is 13.0. The van der Waals surface area contributed by atoms with Gasteiger partial charge in [-0.15, -0.1) is 23.1 Å². The van der Waals surface area contributed by atoms with Crippen LogP contribution in [0.1, 0.15) is 5.69 Å². The summed E-state index contributed by atoms with van der Waals surface area (Å²) in [6, 6.07) is -1.45. The lowest BCUT2D eigenvalue weighted by Crippen LogP contribution is -2.73. The third kappa shape index (κ3) is 4.82. The molecule has 196 valence electrons. The largest absolute Gasteiger partial charge is 0.477 e. The molecule has 5 N–H and O–H groups in total. The highest BCUT2D eigenvalue weighted by Crippen LogP contribution is 2.39. The third-order valence-corrected chi connectivity index (χ3v) is 8.29. The highest BCUT2D eigenvalue weighted by molar-refractivity contribution is 8.03. The molecule has 38 heavy (non-hydrogen) atoms. The monoisotopic (exact) mass is 573 g/mol. The molecule has 2 unspecified atom stereocenters. The molecule has 2 aliphatic rings. The van der Waals surface area contributed by atoms with E-state index in [4.69, 9.17) is 10.6 Å². The van der Waals surface area contributed by atoms with Crippen LogP contribution < -0.4 is 11.1 Å². The molecule has 0 aliphatic carbocycles. The molecule has 3 aromatic heterocycles. The molecule has 0 bridgehead atoms. The van der Waals surface area contributed by atoms with Crippen LogP contribution in [0.2, 0.25) is 0 Å². The number of nitrogens with two attached hydrogens (primary N) is 1. The van der Waals surface area contributed by atoms with Gasteiger partial charge in [-0.25, -0.2) is 24.7 Å². The minimum absolute atomic E-state index is 0.126. The van der Waals surface area contributed by atoms with Crippen LogP contribution in [0.25, 0.3) is 11.2 Å². The number of aliphatic carboxylic acids is 1. The van der Waals surface area contributed by atoms with Gasteiger partial charge < -0.3 is 26.0 Å².